The van der Waals surface area contributed by atoms with Crippen LogP contribution in [0.25, 0.3) is 0 Å². The molecule has 1 fully saturated rings. The molecule has 8 nitrogen and oxygen atoms in total. The normalized spacial score (nSPS) is 26.4. The molecule has 0 aliphatic carbocycles. The van der Waals surface area contributed by atoms with Crippen LogP contribution in [0.3, 0.4) is 0 Å². The van der Waals surface area contributed by atoms with E-state index in [4.69, 9.17) is 14.2 Å². The highest BCUT2D eigenvalue weighted by Gasteiger charge is 2.41. The largest absolute Gasteiger partial charge is 0.458 e. The smallest absolute Gasteiger partial charge is 0.303 e. The van der Waals surface area contributed by atoms with Crippen LogP contribution in [0.4, 0.5) is 0 Å². The standard InChI is InChI=1S/C12H17NO7/c1-6(14)13-11-10(19-7(2)15)5-18-4-9(17)12(11)20-8(3)16/h10-12H,4-5H2,1-3H3,(H,13,14). The Kier molecular flexibility index (Phi) is 5.63. The van der Waals surface area contributed by atoms with Crippen LogP contribution in [0, 0.1) is 0 Å². The predicted molar refractivity (Wildman–Crippen MR) is 64.5 cm³/mol. The van der Waals surface area contributed by atoms with Gasteiger partial charge in [0.15, 0.2) is 6.10 Å². The number of amides is 1. The fourth-order valence-electron chi connectivity index (χ4n) is 1.90. The van der Waals surface area contributed by atoms with Crippen molar-refractivity contribution in [2.24, 2.45) is 0 Å². The molecule has 0 saturated carbocycles. The summed E-state index contributed by atoms with van der Waals surface area (Å²) in [6.45, 7) is 3.22. The Hall–Kier alpha value is -1.96. The molecule has 1 saturated heterocycles. The van der Waals surface area contributed by atoms with Crippen LogP contribution in [-0.4, -0.2) is 55.1 Å². The fraction of sp³-hybridized carbons (Fsp3) is 0.667. The number of ketones is 1. The highest BCUT2D eigenvalue weighted by molar-refractivity contribution is 5.88. The monoisotopic (exact) mass is 287 g/mol. The van der Waals surface area contributed by atoms with Gasteiger partial charge in [-0.1, -0.05) is 0 Å². The van der Waals surface area contributed by atoms with Crippen LogP contribution in [0.2, 0.25) is 0 Å². The average molecular weight is 287 g/mol. The number of hydrogen-bond acceptors (Lipinski definition) is 7. The molecule has 0 aromatic rings. The maximum atomic E-state index is 11.9. The Morgan fingerprint density at radius 3 is 2.25 bits per heavy atom. The lowest BCUT2D eigenvalue weighted by atomic mass is 10.0. The SMILES string of the molecule is CC(=O)NC1C(OC(C)=O)COCC(=O)C1OC(C)=O. The maximum absolute atomic E-state index is 11.9. The molecule has 1 amide bonds. The van der Waals surface area contributed by atoms with Gasteiger partial charge in [-0.05, 0) is 0 Å². The molecular weight excluding hydrogens is 270 g/mol. The van der Waals surface area contributed by atoms with Gasteiger partial charge in [0.25, 0.3) is 0 Å². The number of rotatable bonds is 3. The van der Waals surface area contributed by atoms with Gasteiger partial charge in [0.1, 0.15) is 18.8 Å². The summed E-state index contributed by atoms with van der Waals surface area (Å²) >= 11 is 0. The molecule has 0 spiro atoms. The zero-order chi connectivity index (χ0) is 15.3. The number of Topliss-reactive ketones (excluding diaryl/α,β-unsaturated/α-hetero) is 1. The Balaban J connectivity index is 3.03. The van der Waals surface area contributed by atoms with Crippen LogP contribution in [-0.2, 0) is 33.4 Å². The van der Waals surface area contributed by atoms with Gasteiger partial charge >= 0.3 is 11.9 Å². The van der Waals surface area contributed by atoms with E-state index < -0.39 is 41.9 Å². The van der Waals surface area contributed by atoms with Gasteiger partial charge in [-0.3, -0.25) is 19.2 Å². The van der Waals surface area contributed by atoms with Gasteiger partial charge in [0, 0.05) is 20.8 Å². The molecule has 0 aromatic heterocycles. The first-order valence-corrected chi connectivity index (χ1v) is 6.03. The van der Waals surface area contributed by atoms with Crippen LogP contribution in [0.1, 0.15) is 20.8 Å². The van der Waals surface area contributed by atoms with E-state index in [0.717, 1.165) is 6.92 Å². The van der Waals surface area contributed by atoms with E-state index in [2.05, 4.69) is 5.32 Å². The molecule has 112 valence electrons. The molecule has 0 bridgehead atoms. The number of carbonyl (C=O) groups is 4. The number of hydrogen-bond donors (Lipinski definition) is 1. The van der Waals surface area contributed by atoms with Crippen LogP contribution >= 0.6 is 0 Å². The summed E-state index contributed by atoms with van der Waals surface area (Å²) in [5.74, 6) is -2.22. The van der Waals surface area contributed by atoms with E-state index in [0.29, 0.717) is 0 Å². The van der Waals surface area contributed by atoms with Gasteiger partial charge in [-0.15, -0.1) is 0 Å². The van der Waals surface area contributed by atoms with Crippen molar-refractivity contribution in [3.8, 4) is 0 Å². The number of carbonyl (C=O) groups excluding carboxylic acids is 4. The fourth-order valence-corrected chi connectivity index (χ4v) is 1.90. The van der Waals surface area contributed by atoms with E-state index in [9.17, 15) is 19.2 Å². The predicted octanol–water partition coefficient (Wildman–Crippen LogP) is -1.05. The molecule has 3 unspecified atom stereocenters. The summed E-state index contributed by atoms with van der Waals surface area (Å²) in [5.41, 5.74) is 0. The molecule has 1 heterocycles. The molecule has 3 atom stereocenters. The van der Waals surface area contributed by atoms with Crippen LogP contribution in [0.15, 0.2) is 0 Å². The minimum atomic E-state index is -1.25. The molecule has 1 aliphatic rings. The first-order valence-electron chi connectivity index (χ1n) is 6.03. The number of nitrogens with one attached hydrogen (secondary N) is 1. The summed E-state index contributed by atoms with van der Waals surface area (Å²) in [6.07, 6.45) is -2.16. The third kappa shape index (κ3) is 4.61. The van der Waals surface area contributed by atoms with E-state index in [-0.39, 0.29) is 13.2 Å². The van der Waals surface area contributed by atoms with Crippen molar-refractivity contribution in [3.63, 3.8) is 0 Å². The average Bonchev–Trinajstić information content (AvgIpc) is 2.41. The summed E-state index contributed by atoms with van der Waals surface area (Å²) in [4.78, 5) is 45.3. The Morgan fingerprint density at radius 1 is 1.15 bits per heavy atom. The van der Waals surface area contributed by atoms with E-state index in [1.54, 1.807) is 0 Å². The van der Waals surface area contributed by atoms with E-state index in [1.807, 2.05) is 0 Å². The molecule has 0 aromatic carbocycles. The van der Waals surface area contributed by atoms with Crippen molar-refractivity contribution in [1.29, 1.82) is 0 Å². The molecule has 1 N–H and O–H groups in total. The third-order valence-corrected chi connectivity index (χ3v) is 2.55. The zero-order valence-electron chi connectivity index (χ0n) is 11.5. The first-order chi connectivity index (χ1) is 9.31. The van der Waals surface area contributed by atoms with Crippen molar-refractivity contribution in [2.45, 2.75) is 39.0 Å². The quantitative estimate of drug-likeness (QED) is 0.660. The molecule has 1 rings (SSSR count). The highest BCUT2D eigenvalue weighted by Crippen LogP contribution is 2.15. The summed E-state index contributed by atoms with van der Waals surface area (Å²) in [7, 11) is 0. The minimum absolute atomic E-state index is 0.0754. The van der Waals surface area contributed by atoms with Crippen molar-refractivity contribution in [2.75, 3.05) is 13.2 Å². The summed E-state index contributed by atoms with van der Waals surface area (Å²) in [5, 5.41) is 2.47. The second-order valence-corrected chi connectivity index (χ2v) is 4.39. The van der Waals surface area contributed by atoms with E-state index in [1.165, 1.54) is 13.8 Å². The number of esters is 2. The lowest BCUT2D eigenvalue weighted by Crippen LogP contribution is -2.55. The summed E-state index contributed by atoms with van der Waals surface area (Å²) < 4.78 is 15.0. The van der Waals surface area contributed by atoms with Gasteiger partial charge in [0.05, 0.1) is 6.61 Å². The van der Waals surface area contributed by atoms with Crippen molar-refractivity contribution in [1.82, 2.24) is 5.32 Å². The van der Waals surface area contributed by atoms with Gasteiger partial charge in [-0.2, -0.15) is 0 Å². The van der Waals surface area contributed by atoms with Crippen molar-refractivity contribution in [3.05, 3.63) is 0 Å². The van der Waals surface area contributed by atoms with Crippen LogP contribution < -0.4 is 5.32 Å². The third-order valence-electron chi connectivity index (χ3n) is 2.55. The zero-order valence-corrected chi connectivity index (χ0v) is 11.5. The maximum Gasteiger partial charge on any atom is 0.303 e. The van der Waals surface area contributed by atoms with Gasteiger partial charge < -0.3 is 19.5 Å². The Bertz CT molecular complexity index is 420. The highest BCUT2D eigenvalue weighted by atomic mass is 16.6. The van der Waals surface area contributed by atoms with E-state index >= 15 is 0 Å². The second-order valence-electron chi connectivity index (χ2n) is 4.39. The molecule has 0 radical (unpaired) electrons. The number of ether oxygens (including phenoxy) is 3. The Morgan fingerprint density at radius 2 is 1.75 bits per heavy atom. The lowest BCUT2D eigenvalue weighted by molar-refractivity contribution is -0.160. The minimum Gasteiger partial charge on any atom is -0.458 e. The van der Waals surface area contributed by atoms with Gasteiger partial charge in [-0.25, -0.2) is 0 Å². The Labute approximate surface area is 115 Å². The molecule has 20 heavy (non-hydrogen) atoms. The lowest BCUT2D eigenvalue weighted by Gasteiger charge is -2.29. The van der Waals surface area contributed by atoms with Crippen molar-refractivity contribution >= 4 is 23.6 Å². The molecule has 1 aliphatic heterocycles. The topological polar surface area (TPSA) is 108 Å². The van der Waals surface area contributed by atoms with Gasteiger partial charge in [0.2, 0.25) is 11.7 Å². The first kappa shape index (κ1) is 16.1. The van der Waals surface area contributed by atoms with Crippen LogP contribution in [0.5, 0.6) is 0 Å². The second kappa shape index (κ2) is 6.99. The molecular formula is C12H17NO7. The van der Waals surface area contributed by atoms with Crippen molar-refractivity contribution < 1.29 is 33.4 Å². The molecule has 8 heteroatoms. The summed E-state index contributed by atoms with van der Waals surface area (Å²) in [6, 6.07) is -0.977.